The lowest BCUT2D eigenvalue weighted by atomic mass is 9.86. The zero-order chi connectivity index (χ0) is 29.6. The van der Waals surface area contributed by atoms with E-state index in [4.69, 9.17) is 9.47 Å². The summed E-state index contributed by atoms with van der Waals surface area (Å²) in [5, 5.41) is 2.76. The number of hydrogen-bond donors (Lipinski definition) is 0. The van der Waals surface area contributed by atoms with Gasteiger partial charge in [-0.2, -0.15) is 20.0 Å². The van der Waals surface area contributed by atoms with Crippen LogP contribution in [0.15, 0.2) is 92.8 Å². The molecular weight excluding hydrogens is 536 g/mol. The van der Waals surface area contributed by atoms with E-state index < -0.39 is 0 Å². The van der Waals surface area contributed by atoms with Gasteiger partial charge in [0, 0.05) is 21.9 Å². The van der Waals surface area contributed by atoms with Crippen LogP contribution in [-0.4, -0.2) is 38.5 Å². The summed E-state index contributed by atoms with van der Waals surface area (Å²) >= 11 is 0. The Kier molecular flexibility index (Phi) is 7.71. The highest BCUT2D eigenvalue weighted by Crippen LogP contribution is 2.53. The highest BCUT2D eigenvalue weighted by Gasteiger charge is 2.24. The normalized spacial score (nSPS) is 10.1. The zero-order valence-corrected chi connectivity index (χ0v) is 22.2. The van der Waals surface area contributed by atoms with Gasteiger partial charge in [-0.1, -0.05) is 36.4 Å². The van der Waals surface area contributed by atoms with Gasteiger partial charge in [0.2, 0.25) is 24.3 Å². The van der Waals surface area contributed by atoms with E-state index in [2.05, 4.69) is 20.0 Å². The van der Waals surface area contributed by atoms with Crippen LogP contribution in [0.4, 0.5) is 22.7 Å². The molecule has 0 unspecified atom stereocenters. The Morgan fingerprint density at radius 3 is 1.29 bits per heavy atom. The maximum absolute atomic E-state index is 11.9. The molecule has 0 aromatic heterocycles. The van der Waals surface area contributed by atoms with E-state index in [1.807, 2.05) is 36.4 Å². The summed E-state index contributed by atoms with van der Waals surface area (Å²) in [7, 11) is 2.83. The van der Waals surface area contributed by atoms with Crippen molar-refractivity contribution in [2.75, 3.05) is 14.2 Å². The van der Waals surface area contributed by atoms with Crippen molar-refractivity contribution >= 4 is 68.6 Å². The molecule has 42 heavy (non-hydrogen) atoms. The molecule has 202 valence electrons. The fraction of sp³-hybridized carbons (Fsp3) is 0.0625. The first-order valence-corrected chi connectivity index (χ1v) is 12.3. The van der Waals surface area contributed by atoms with Gasteiger partial charge < -0.3 is 9.47 Å². The summed E-state index contributed by atoms with van der Waals surface area (Å²) in [6.07, 6.45) is 6.31. The standard InChI is InChI=1S/C32H18N4O6/c1-41-27-13-21(7-9-25(27)33-15-37)29-30(22-8-10-26(34-16-38)28(14-22)42-2)32(36-18-40)24-12-20-6-4-3-5-19(20)11-23(24)31(29)35-17-39/h3-14H,1-2H3. The van der Waals surface area contributed by atoms with Crippen molar-refractivity contribution < 1.29 is 28.7 Å². The molecule has 0 saturated carbocycles. The number of hydrogen-bond acceptors (Lipinski definition) is 10. The van der Waals surface area contributed by atoms with Crippen molar-refractivity contribution in [3.8, 4) is 33.8 Å². The first-order chi connectivity index (χ1) is 20.6. The van der Waals surface area contributed by atoms with Gasteiger partial charge in [-0.25, -0.2) is 19.2 Å². The van der Waals surface area contributed by atoms with Crippen LogP contribution in [0.5, 0.6) is 11.5 Å². The molecule has 0 heterocycles. The number of fused-ring (bicyclic) bond motifs is 2. The molecule has 5 aromatic carbocycles. The van der Waals surface area contributed by atoms with Crippen molar-refractivity contribution in [3.05, 3.63) is 72.8 Å². The third-order valence-electron chi connectivity index (χ3n) is 6.70. The second-order valence-corrected chi connectivity index (χ2v) is 8.78. The minimum atomic E-state index is 0.230. The van der Waals surface area contributed by atoms with Gasteiger partial charge in [-0.05, 0) is 58.3 Å². The largest absolute Gasteiger partial charge is 0.494 e. The average Bonchev–Trinajstić information content (AvgIpc) is 3.02. The number of isocyanates is 4. The lowest BCUT2D eigenvalue weighted by Gasteiger charge is -2.20. The maximum Gasteiger partial charge on any atom is 0.240 e. The number of rotatable bonds is 8. The summed E-state index contributed by atoms with van der Waals surface area (Å²) in [5.41, 5.74) is 2.72. The molecule has 0 fully saturated rings. The number of methoxy groups -OCH3 is 2. The molecule has 0 amide bonds. The second-order valence-electron chi connectivity index (χ2n) is 8.78. The van der Waals surface area contributed by atoms with Gasteiger partial charge in [-0.15, -0.1) is 0 Å². The molecule has 0 saturated heterocycles. The highest BCUT2D eigenvalue weighted by atomic mass is 16.5. The van der Waals surface area contributed by atoms with E-state index in [9.17, 15) is 19.2 Å². The van der Waals surface area contributed by atoms with Gasteiger partial charge in [0.05, 0.1) is 25.6 Å². The predicted molar refractivity (Wildman–Crippen MR) is 157 cm³/mol. The van der Waals surface area contributed by atoms with Crippen LogP contribution in [0.3, 0.4) is 0 Å². The van der Waals surface area contributed by atoms with Crippen LogP contribution < -0.4 is 9.47 Å². The molecule has 10 nitrogen and oxygen atoms in total. The Hall–Kier alpha value is -6.26. The van der Waals surface area contributed by atoms with Gasteiger partial charge in [0.25, 0.3) is 0 Å². The molecule has 0 atom stereocenters. The van der Waals surface area contributed by atoms with Gasteiger partial charge in [-0.3, -0.25) is 0 Å². The SMILES string of the molecule is COc1cc(-c2c(-c3ccc(N=C=O)c(OC)c3)c(N=C=O)c3cc4ccccc4cc3c2N=C=O)ccc1N=C=O. The first-order valence-electron chi connectivity index (χ1n) is 12.3. The van der Waals surface area contributed by atoms with Crippen molar-refractivity contribution in [1.29, 1.82) is 0 Å². The molecule has 0 aliphatic carbocycles. The van der Waals surface area contributed by atoms with E-state index >= 15 is 0 Å². The third-order valence-corrected chi connectivity index (χ3v) is 6.70. The summed E-state index contributed by atoms with van der Waals surface area (Å²) in [5.74, 6) is 0.491. The van der Waals surface area contributed by atoms with E-state index in [-0.39, 0.29) is 34.2 Å². The third kappa shape index (κ3) is 4.81. The topological polar surface area (TPSA) is 136 Å². The summed E-state index contributed by atoms with van der Waals surface area (Å²) in [6.45, 7) is 0. The molecular formula is C32H18N4O6. The minimum Gasteiger partial charge on any atom is -0.494 e. The maximum atomic E-state index is 11.9. The fourth-order valence-electron chi connectivity index (χ4n) is 4.97. The van der Waals surface area contributed by atoms with E-state index in [0.717, 1.165) is 10.8 Å². The van der Waals surface area contributed by atoms with Crippen molar-refractivity contribution in [1.82, 2.24) is 0 Å². The van der Waals surface area contributed by atoms with E-state index in [0.29, 0.717) is 33.0 Å². The van der Waals surface area contributed by atoms with E-state index in [1.165, 1.54) is 26.4 Å². The number of benzene rings is 5. The molecule has 10 heteroatoms. The summed E-state index contributed by atoms with van der Waals surface area (Å²) in [6, 6.07) is 20.9. The Labute approximate surface area is 238 Å². The Bertz CT molecular complexity index is 1950. The molecule has 0 bridgehead atoms. The lowest BCUT2D eigenvalue weighted by Crippen LogP contribution is -1.94. The number of ether oxygens (including phenoxy) is 2. The smallest absolute Gasteiger partial charge is 0.240 e. The molecule has 5 aromatic rings. The van der Waals surface area contributed by atoms with Crippen LogP contribution in [0, 0.1) is 0 Å². The Morgan fingerprint density at radius 2 is 0.929 bits per heavy atom. The van der Waals surface area contributed by atoms with Gasteiger partial charge in [0.15, 0.2) is 0 Å². The van der Waals surface area contributed by atoms with Crippen LogP contribution in [0.1, 0.15) is 0 Å². The molecule has 0 aliphatic rings. The van der Waals surface area contributed by atoms with Gasteiger partial charge in [0.1, 0.15) is 22.9 Å². The quantitative estimate of drug-likeness (QED) is 0.113. The first kappa shape index (κ1) is 27.3. The predicted octanol–water partition coefficient (Wildman–Crippen LogP) is 7.21. The fourth-order valence-corrected chi connectivity index (χ4v) is 4.97. The molecule has 0 aliphatic heterocycles. The van der Waals surface area contributed by atoms with Crippen LogP contribution in [-0.2, 0) is 19.2 Å². The van der Waals surface area contributed by atoms with Crippen molar-refractivity contribution in [2.24, 2.45) is 20.0 Å². The van der Waals surface area contributed by atoms with Crippen molar-refractivity contribution in [3.63, 3.8) is 0 Å². The number of nitrogens with zero attached hydrogens (tertiary/aromatic N) is 4. The molecule has 0 N–H and O–H groups in total. The van der Waals surface area contributed by atoms with Gasteiger partial charge >= 0.3 is 0 Å². The van der Waals surface area contributed by atoms with Crippen LogP contribution >= 0.6 is 0 Å². The molecule has 5 rings (SSSR count). The number of carbonyl (C=O) groups excluding carboxylic acids is 4. The van der Waals surface area contributed by atoms with Crippen LogP contribution in [0.25, 0.3) is 43.8 Å². The number of aliphatic imine (C=N–C) groups is 4. The van der Waals surface area contributed by atoms with Crippen molar-refractivity contribution in [2.45, 2.75) is 0 Å². The minimum absolute atomic E-state index is 0.230. The highest BCUT2D eigenvalue weighted by molar-refractivity contribution is 6.18. The summed E-state index contributed by atoms with van der Waals surface area (Å²) in [4.78, 5) is 61.4. The Morgan fingerprint density at radius 1 is 0.524 bits per heavy atom. The second kappa shape index (κ2) is 11.9. The average molecular weight is 555 g/mol. The monoisotopic (exact) mass is 554 g/mol. The zero-order valence-electron chi connectivity index (χ0n) is 22.2. The Balaban J connectivity index is 2.05. The lowest BCUT2D eigenvalue weighted by molar-refractivity contribution is 0.416. The van der Waals surface area contributed by atoms with E-state index in [1.54, 1.807) is 48.6 Å². The van der Waals surface area contributed by atoms with Crippen LogP contribution in [0.2, 0.25) is 0 Å². The molecule has 0 spiro atoms. The summed E-state index contributed by atoms with van der Waals surface area (Å²) < 4.78 is 10.9. The molecule has 0 radical (unpaired) electrons.